The fourth-order valence-electron chi connectivity index (χ4n) is 4.28. The van der Waals surface area contributed by atoms with Gasteiger partial charge in [-0.1, -0.05) is 12.1 Å². The summed E-state index contributed by atoms with van der Waals surface area (Å²) in [6, 6.07) is 7.41. The molecule has 128 valence electrons. The first kappa shape index (κ1) is 15.6. The van der Waals surface area contributed by atoms with Gasteiger partial charge in [0.05, 0.1) is 11.3 Å². The molecule has 2 amide bonds. The van der Waals surface area contributed by atoms with Crippen LogP contribution < -0.4 is 10.6 Å². The summed E-state index contributed by atoms with van der Waals surface area (Å²) in [5, 5.41) is 6.40. The van der Waals surface area contributed by atoms with Crippen molar-refractivity contribution in [3.63, 3.8) is 0 Å². The second kappa shape index (κ2) is 6.20. The van der Waals surface area contributed by atoms with Gasteiger partial charge in [0.2, 0.25) is 5.91 Å². The summed E-state index contributed by atoms with van der Waals surface area (Å²) >= 11 is 0. The van der Waals surface area contributed by atoms with Crippen LogP contribution in [0.4, 0.5) is 5.69 Å². The zero-order valence-corrected chi connectivity index (χ0v) is 14.0. The summed E-state index contributed by atoms with van der Waals surface area (Å²) in [4.78, 5) is 27.3. The molecule has 0 aromatic heterocycles. The number of carbonyl (C=O) groups excluding carboxylic acids is 2. The topological polar surface area (TPSA) is 61.4 Å². The van der Waals surface area contributed by atoms with Crippen LogP contribution in [-0.4, -0.2) is 42.9 Å². The van der Waals surface area contributed by atoms with Crippen LogP contribution in [0.25, 0.3) is 0 Å². The lowest BCUT2D eigenvalue weighted by Crippen LogP contribution is -2.32. The van der Waals surface area contributed by atoms with Crippen LogP contribution in [0.3, 0.4) is 0 Å². The van der Waals surface area contributed by atoms with Crippen LogP contribution in [0.5, 0.6) is 0 Å². The first-order valence-electron chi connectivity index (χ1n) is 9.10. The van der Waals surface area contributed by atoms with Gasteiger partial charge in [-0.2, -0.15) is 0 Å². The minimum absolute atomic E-state index is 0.0378. The average molecular weight is 327 g/mol. The Morgan fingerprint density at radius 1 is 1.12 bits per heavy atom. The molecule has 0 radical (unpaired) electrons. The highest BCUT2D eigenvalue weighted by Crippen LogP contribution is 2.58. The third-order valence-corrected chi connectivity index (χ3v) is 5.91. The zero-order chi connectivity index (χ0) is 16.6. The van der Waals surface area contributed by atoms with Crippen LogP contribution in [0.2, 0.25) is 0 Å². The van der Waals surface area contributed by atoms with Crippen LogP contribution in [0.1, 0.15) is 42.5 Å². The molecule has 1 atom stereocenters. The molecule has 3 fully saturated rings. The maximum absolute atomic E-state index is 12.7. The number of benzene rings is 1. The predicted molar refractivity (Wildman–Crippen MR) is 92.9 cm³/mol. The van der Waals surface area contributed by atoms with E-state index < -0.39 is 0 Å². The molecule has 2 N–H and O–H groups in total. The molecule has 0 bridgehead atoms. The summed E-state index contributed by atoms with van der Waals surface area (Å²) in [5.41, 5.74) is 1.49. The minimum atomic E-state index is 0.0378. The number of carbonyl (C=O) groups is 2. The summed E-state index contributed by atoms with van der Waals surface area (Å²) in [6.07, 6.45) is 5.29. The molecular formula is C19H25N3O2. The lowest BCUT2D eigenvalue weighted by atomic mass is 9.91. The Labute approximate surface area is 142 Å². The smallest absolute Gasteiger partial charge is 0.255 e. The third-order valence-electron chi connectivity index (χ3n) is 5.91. The zero-order valence-electron chi connectivity index (χ0n) is 14.0. The first-order valence-corrected chi connectivity index (χ1v) is 9.10. The second-order valence-electron chi connectivity index (χ2n) is 7.40. The molecule has 5 heteroatoms. The monoisotopic (exact) mass is 327 g/mol. The first-order chi connectivity index (χ1) is 11.7. The number of rotatable bonds is 3. The highest BCUT2D eigenvalue weighted by molar-refractivity contribution is 6.04. The van der Waals surface area contributed by atoms with Crippen LogP contribution in [-0.2, 0) is 4.79 Å². The largest absolute Gasteiger partial charge is 0.339 e. The molecule has 3 aliphatic rings. The number of nitrogens with one attached hydrogen (secondary N) is 2. The Morgan fingerprint density at radius 3 is 2.58 bits per heavy atom. The molecule has 1 spiro atoms. The number of hydrogen-bond acceptors (Lipinski definition) is 3. The van der Waals surface area contributed by atoms with E-state index in [1.54, 1.807) is 0 Å². The highest BCUT2D eigenvalue weighted by atomic mass is 16.2. The summed E-state index contributed by atoms with van der Waals surface area (Å²) in [6.45, 7) is 3.65. The molecule has 2 saturated heterocycles. The summed E-state index contributed by atoms with van der Waals surface area (Å²) in [7, 11) is 0. The van der Waals surface area contributed by atoms with E-state index in [9.17, 15) is 9.59 Å². The Balaban J connectivity index is 1.47. The molecule has 1 unspecified atom stereocenters. The van der Waals surface area contributed by atoms with Crippen molar-refractivity contribution in [3.8, 4) is 0 Å². The van der Waals surface area contributed by atoms with Gasteiger partial charge in [0.15, 0.2) is 0 Å². The van der Waals surface area contributed by atoms with E-state index in [2.05, 4.69) is 10.6 Å². The van der Waals surface area contributed by atoms with Gasteiger partial charge in [-0.15, -0.1) is 0 Å². The number of piperidine rings is 1. The van der Waals surface area contributed by atoms with Crippen molar-refractivity contribution >= 4 is 17.5 Å². The van der Waals surface area contributed by atoms with E-state index in [1.807, 2.05) is 29.2 Å². The fourth-order valence-corrected chi connectivity index (χ4v) is 4.28. The van der Waals surface area contributed by atoms with Crippen LogP contribution in [0, 0.1) is 11.3 Å². The predicted octanol–water partition coefficient (Wildman–Crippen LogP) is 2.25. The van der Waals surface area contributed by atoms with E-state index in [4.69, 9.17) is 0 Å². The SMILES string of the molecule is O=C(Nc1ccccc1C(=O)N1CCCC1)C1CC12CCNCC2. The lowest BCUT2D eigenvalue weighted by Gasteiger charge is -2.23. The molecule has 2 aliphatic heterocycles. The Hall–Kier alpha value is -1.88. The third kappa shape index (κ3) is 2.81. The van der Waals surface area contributed by atoms with Gasteiger partial charge >= 0.3 is 0 Å². The summed E-state index contributed by atoms with van der Waals surface area (Å²) in [5.74, 6) is 0.226. The van der Waals surface area contributed by atoms with E-state index in [0.29, 0.717) is 11.3 Å². The van der Waals surface area contributed by atoms with Gasteiger partial charge in [0, 0.05) is 19.0 Å². The molecule has 1 aromatic carbocycles. The second-order valence-corrected chi connectivity index (χ2v) is 7.40. The van der Waals surface area contributed by atoms with Gasteiger partial charge in [-0.3, -0.25) is 9.59 Å². The van der Waals surface area contributed by atoms with E-state index in [0.717, 1.165) is 58.3 Å². The maximum Gasteiger partial charge on any atom is 0.255 e. The van der Waals surface area contributed by atoms with Crippen molar-refractivity contribution in [3.05, 3.63) is 29.8 Å². The van der Waals surface area contributed by atoms with E-state index >= 15 is 0 Å². The van der Waals surface area contributed by atoms with Crippen molar-refractivity contribution in [1.29, 1.82) is 0 Å². The van der Waals surface area contributed by atoms with Gasteiger partial charge in [-0.05, 0) is 62.7 Å². The van der Waals surface area contributed by atoms with E-state index in [1.165, 1.54) is 0 Å². The molecule has 24 heavy (non-hydrogen) atoms. The molecule has 1 aromatic rings. The van der Waals surface area contributed by atoms with Crippen LogP contribution >= 0.6 is 0 Å². The van der Waals surface area contributed by atoms with Crippen molar-refractivity contribution in [2.24, 2.45) is 11.3 Å². The van der Waals surface area contributed by atoms with Crippen LogP contribution in [0.15, 0.2) is 24.3 Å². The molecule has 2 heterocycles. The minimum Gasteiger partial charge on any atom is -0.339 e. The summed E-state index contributed by atoms with van der Waals surface area (Å²) < 4.78 is 0. The maximum atomic E-state index is 12.7. The molecular weight excluding hydrogens is 302 g/mol. The van der Waals surface area contributed by atoms with Gasteiger partial charge in [0.25, 0.3) is 5.91 Å². The number of hydrogen-bond donors (Lipinski definition) is 2. The van der Waals surface area contributed by atoms with Crippen molar-refractivity contribution < 1.29 is 9.59 Å². The Bertz CT molecular complexity index is 646. The van der Waals surface area contributed by atoms with E-state index in [-0.39, 0.29) is 23.1 Å². The Kier molecular flexibility index (Phi) is 4.04. The Morgan fingerprint density at radius 2 is 1.83 bits per heavy atom. The van der Waals surface area contributed by atoms with Crippen molar-refractivity contribution in [2.75, 3.05) is 31.5 Å². The molecule has 1 aliphatic carbocycles. The fraction of sp³-hybridized carbons (Fsp3) is 0.579. The number of amides is 2. The number of nitrogens with zero attached hydrogens (tertiary/aromatic N) is 1. The number of para-hydroxylation sites is 1. The average Bonchev–Trinajstić information content (AvgIpc) is 3.05. The number of anilines is 1. The normalized spacial score (nSPS) is 24.8. The standard InChI is InChI=1S/C19H25N3O2/c23-17(15-13-19(15)7-9-20-10-8-19)21-16-6-2-1-5-14(16)18(24)22-11-3-4-12-22/h1-2,5-6,15,20H,3-4,7-13H2,(H,21,23). The quantitative estimate of drug-likeness (QED) is 0.895. The number of likely N-dealkylation sites (tertiary alicyclic amines) is 1. The lowest BCUT2D eigenvalue weighted by molar-refractivity contribution is -0.118. The van der Waals surface area contributed by atoms with Crippen molar-refractivity contribution in [1.82, 2.24) is 10.2 Å². The van der Waals surface area contributed by atoms with Crippen molar-refractivity contribution in [2.45, 2.75) is 32.1 Å². The molecule has 5 nitrogen and oxygen atoms in total. The highest BCUT2D eigenvalue weighted by Gasteiger charge is 2.57. The molecule has 1 saturated carbocycles. The van der Waals surface area contributed by atoms with Gasteiger partial charge in [0.1, 0.15) is 0 Å². The molecule has 4 rings (SSSR count). The van der Waals surface area contributed by atoms with Gasteiger partial charge in [-0.25, -0.2) is 0 Å². The van der Waals surface area contributed by atoms with Gasteiger partial charge < -0.3 is 15.5 Å².